The standard InChI is InChI=1S/C16H30N2O7.2CH4/c1-13(19)11-24-12-14(20)17-5-7-22-9-10-23-8-6-18-15(21)25-16(2,3)4;;/h5-12H2,1-4H3,(H,17,20)(H,18,21);2*1H4. The lowest BCUT2D eigenvalue weighted by Crippen LogP contribution is -2.34. The van der Waals surface area contributed by atoms with E-state index in [0.717, 1.165) is 0 Å². The van der Waals surface area contributed by atoms with E-state index >= 15 is 0 Å². The summed E-state index contributed by atoms with van der Waals surface area (Å²) in [6.07, 6.45) is -0.477. The highest BCUT2D eigenvalue weighted by atomic mass is 16.6. The van der Waals surface area contributed by atoms with E-state index in [0.29, 0.717) is 39.5 Å². The number of nitrogens with one attached hydrogen (secondary N) is 2. The highest BCUT2D eigenvalue weighted by Gasteiger charge is 2.15. The minimum Gasteiger partial charge on any atom is -0.444 e. The minimum absolute atomic E-state index is 0. The van der Waals surface area contributed by atoms with Gasteiger partial charge in [0.15, 0.2) is 5.78 Å². The lowest BCUT2D eigenvalue weighted by Gasteiger charge is -2.19. The van der Waals surface area contributed by atoms with E-state index in [9.17, 15) is 14.4 Å². The van der Waals surface area contributed by atoms with Crippen LogP contribution in [0.15, 0.2) is 0 Å². The molecule has 0 radical (unpaired) electrons. The molecule has 0 heterocycles. The van der Waals surface area contributed by atoms with E-state index in [4.69, 9.17) is 18.9 Å². The Hall–Kier alpha value is -1.71. The molecule has 2 N–H and O–H groups in total. The lowest BCUT2D eigenvalue weighted by molar-refractivity contribution is -0.129. The van der Waals surface area contributed by atoms with Crippen LogP contribution in [0.5, 0.6) is 0 Å². The molecular formula is C18H38N2O7. The first kappa shape index (κ1) is 30.0. The van der Waals surface area contributed by atoms with Gasteiger partial charge in [0.2, 0.25) is 5.91 Å². The number of amides is 2. The van der Waals surface area contributed by atoms with Crippen molar-refractivity contribution in [3.8, 4) is 0 Å². The van der Waals surface area contributed by atoms with Crippen LogP contribution in [0.1, 0.15) is 42.5 Å². The first-order valence-electron chi connectivity index (χ1n) is 8.17. The molecule has 0 fully saturated rings. The summed E-state index contributed by atoms with van der Waals surface area (Å²) in [4.78, 5) is 33.3. The van der Waals surface area contributed by atoms with Crippen LogP contribution in [0.25, 0.3) is 0 Å². The maximum Gasteiger partial charge on any atom is 0.407 e. The normalized spacial score (nSPS) is 10.2. The average molecular weight is 395 g/mol. The predicted molar refractivity (Wildman–Crippen MR) is 104 cm³/mol. The molecule has 0 aliphatic carbocycles. The number of Topliss-reactive ketones (excluding diaryl/α,β-unsaturated/α-hetero) is 1. The van der Waals surface area contributed by atoms with E-state index in [1.807, 2.05) is 0 Å². The summed E-state index contributed by atoms with van der Waals surface area (Å²) in [6, 6.07) is 0. The van der Waals surface area contributed by atoms with E-state index in [1.165, 1.54) is 6.92 Å². The van der Waals surface area contributed by atoms with Crippen LogP contribution in [0.3, 0.4) is 0 Å². The van der Waals surface area contributed by atoms with Gasteiger partial charge in [0.05, 0.1) is 26.4 Å². The second-order valence-corrected chi connectivity index (χ2v) is 6.20. The van der Waals surface area contributed by atoms with Crippen molar-refractivity contribution in [2.45, 2.75) is 48.1 Å². The number of carbonyl (C=O) groups is 3. The van der Waals surface area contributed by atoms with Gasteiger partial charge < -0.3 is 29.6 Å². The van der Waals surface area contributed by atoms with Crippen LogP contribution in [0.2, 0.25) is 0 Å². The van der Waals surface area contributed by atoms with Gasteiger partial charge in [-0.3, -0.25) is 9.59 Å². The van der Waals surface area contributed by atoms with Gasteiger partial charge in [0.25, 0.3) is 0 Å². The summed E-state index contributed by atoms with van der Waals surface area (Å²) in [5, 5.41) is 5.18. The van der Waals surface area contributed by atoms with Crippen LogP contribution in [-0.2, 0) is 28.5 Å². The summed E-state index contributed by atoms with van der Waals surface area (Å²) < 4.78 is 20.5. The van der Waals surface area contributed by atoms with Crippen LogP contribution in [0, 0.1) is 0 Å². The fraction of sp³-hybridized carbons (Fsp3) is 0.833. The zero-order chi connectivity index (χ0) is 19.1. The number of carbonyl (C=O) groups excluding carboxylic acids is 3. The highest BCUT2D eigenvalue weighted by molar-refractivity contribution is 5.79. The number of ether oxygens (including phenoxy) is 4. The molecule has 0 saturated carbocycles. The Morgan fingerprint density at radius 2 is 1.30 bits per heavy atom. The molecule has 0 saturated heterocycles. The third-order valence-electron chi connectivity index (χ3n) is 2.39. The second kappa shape index (κ2) is 17.7. The second-order valence-electron chi connectivity index (χ2n) is 6.20. The first-order valence-corrected chi connectivity index (χ1v) is 8.17. The summed E-state index contributed by atoms with van der Waals surface area (Å²) in [5.41, 5.74) is -0.520. The fourth-order valence-corrected chi connectivity index (χ4v) is 1.46. The molecule has 162 valence electrons. The molecule has 9 nitrogen and oxygen atoms in total. The van der Waals surface area contributed by atoms with Gasteiger partial charge >= 0.3 is 6.09 Å². The van der Waals surface area contributed by atoms with Crippen molar-refractivity contribution in [1.82, 2.24) is 10.6 Å². The largest absolute Gasteiger partial charge is 0.444 e. The van der Waals surface area contributed by atoms with E-state index in [-0.39, 0.29) is 39.8 Å². The van der Waals surface area contributed by atoms with Gasteiger partial charge in [-0.2, -0.15) is 0 Å². The van der Waals surface area contributed by atoms with Gasteiger partial charge in [-0.15, -0.1) is 0 Å². The van der Waals surface area contributed by atoms with Crippen molar-refractivity contribution in [3.63, 3.8) is 0 Å². The topological polar surface area (TPSA) is 112 Å². The Labute approximate surface area is 163 Å². The monoisotopic (exact) mass is 394 g/mol. The Bertz CT molecular complexity index is 409. The maximum absolute atomic E-state index is 11.3. The minimum atomic E-state index is -0.520. The number of alkyl carbamates (subject to hydrolysis) is 1. The summed E-state index contributed by atoms with van der Waals surface area (Å²) in [6.45, 7) is 8.72. The smallest absolute Gasteiger partial charge is 0.407 e. The van der Waals surface area contributed by atoms with Gasteiger partial charge in [0, 0.05) is 13.1 Å². The van der Waals surface area contributed by atoms with Gasteiger partial charge in [-0.05, 0) is 27.7 Å². The number of rotatable bonds is 13. The summed E-state index contributed by atoms with van der Waals surface area (Å²) in [5.74, 6) is -0.424. The van der Waals surface area contributed by atoms with E-state index in [1.54, 1.807) is 20.8 Å². The molecule has 2 amide bonds. The Kier molecular flexibility index (Phi) is 19.7. The predicted octanol–water partition coefficient (Wildman–Crippen LogP) is 1.54. The molecule has 0 aromatic heterocycles. The van der Waals surface area contributed by atoms with E-state index in [2.05, 4.69) is 10.6 Å². The average Bonchev–Trinajstić information content (AvgIpc) is 2.47. The van der Waals surface area contributed by atoms with Crippen molar-refractivity contribution in [2.24, 2.45) is 0 Å². The SMILES string of the molecule is C.C.CC(=O)COCC(=O)NCCOCCOCCNC(=O)OC(C)(C)C. The maximum atomic E-state index is 11.3. The highest BCUT2D eigenvalue weighted by Crippen LogP contribution is 2.05. The number of hydrogen-bond donors (Lipinski definition) is 2. The molecule has 0 aromatic carbocycles. The molecule has 0 rings (SSSR count). The summed E-state index contributed by atoms with van der Waals surface area (Å²) in [7, 11) is 0. The quantitative estimate of drug-likeness (QED) is 0.456. The van der Waals surface area contributed by atoms with Crippen molar-refractivity contribution in [1.29, 1.82) is 0 Å². The zero-order valence-electron chi connectivity index (χ0n) is 15.5. The number of ketones is 1. The molecule has 27 heavy (non-hydrogen) atoms. The fourth-order valence-electron chi connectivity index (χ4n) is 1.46. The molecular weight excluding hydrogens is 356 g/mol. The van der Waals surface area contributed by atoms with E-state index < -0.39 is 11.7 Å². The van der Waals surface area contributed by atoms with Crippen molar-refractivity contribution in [2.75, 3.05) is 52.7 Å². The molecule has 0 unspecified atom stereocenters. The molecule has 0 spiro atoms. The van der Waals surface area contributed by atoms with Gasteiger partial charge in [-0.1, -0.05) is 14.9 Å². The molecule has 0 atom stereocenters. The molecule has 0 aliphatic heterocycles. The van der Waals surface area contributed by atoms with Gasteiger partial charge in [0.1, 0.15) is 18.8 Å². The van der Waals surface area contributed by atoms with Crippen molar-refractivity contribution < 1.29 is 33.3 Å². The Morgan fingerprint density at radius 1 is 0.778 bits per heavy atom. The Morgan fingerprint density at radius 3 is 1.78 bits per heavy atom. The van der Waals surface area contributed by atoms with Crippen molar-refractivity contribution in [3.05, 3.63) is 0 Å². The van der Waals surface area contributed by atoms with Crippen LogP contribution < -0.4 is 10.6 Å². The molecule has 0 aromatic rings. The van der Waals surface area contributed by atoms with Crippen LogP contribution in [-0.4, -0.2) is 76.1 Å². The van der Waals surface area contributed by atoms with Gasteiger partial charge in [-0.25, -0.2) is 4.79 Å². The first-order chi connectivity index (χ1) is 11.7. The van der Waals surface area contributed by atoms with Crippen LogP contribution >= 0.6 is 0 Å². The molecule has 0 bridgehead atoms. The molecule has 0 aliphatic rings. The number of hydrogen-bond acceptors (Lipinski definition) is 7. The summed E-state index contributed by atoms with van der Waals surface area (Å²) >= 11 is 0. The van der Waals surface area contributed by atoms with Crippen molar-refractivity contribution >= 4 is 17.8 Å². The van der Waals surface area contributed by atoms with Crippen LogP contribution in [0.4, 0.5) is 4.79 Å². The third kappa shape index (κ3) is 24.3. The third-order valence-corrected chi connectivity index (χ3v) is 2.39. The lowest BCUT2D eigenvalue weighted by atomic mass is 10.2. The molecule has 9 heteroatoms. The zero-order valence-corrected chi connectivity index (χ0v) is 15.5. The Balaban J connectivity index is -0.00000288.